The lowest BCUT2D eigenvalue weighted by molar-refractivity contribution is -0.134. The Hall–Kier alpha value is -0.340. The van der Waals surface area contributed by atoms with Gasteiger partial charge >= 0.3 is 0 Å². The number of methoxy groups -OCH3 is 2. The predicted molar refractivity (Wildman–Crippen MR) is 58.4 cm³/mol. The molecule has 0 aromatic heterocycles. The molecule has 1 saturated carbocycles. The van der Waals surface area contributed by atoms with Crippen molar-refractivity contribution in [2.24, 2.45) is 5.92 Å². The van der Waals surface area contributed by atoms with Crippen LogP contribution in [0.2, 0.25) is 0 Å². The van der Waals surface area contributed by atoms with Crippen LogP contribution in [-0.4, -0.2) is 25.9 Å². The molecular weight excluding hydrogens is 176 g/mol. The Labute approximate surface area is 87.3 Å². The van der Waals surface area contributed by atoms with Crippen molar-refractivity contribution in [2.45, 2.75) is 44.8 Å². The van der Waals surface area contributed by atoms with Crippen LogP contribution in [0.5, 0.6) is 0 Å². The second-order valence-electron chi connectivity index (χ2n) is 4.56. The molecule has 14 heavy (non-hydrogen) atoms. The highest BCUT2D eigenvalue weighted by molar-refractivity contribution is 5.03. The average molecular weight is 198 g/mol. The summed E-state index contributed by atoms with van der Waals surface area (Å²) in [4.78, 5) is 0. The Morgan fingerprint density at radius 2 is 2.07 bits per heavy atom. The minimum absolute atomic E-state index is 0.110. The summed E-state index contributed by atoms with van der Waals surface area (Å²) < 4.78 is 11.1. The molecule has 2 heteroatoms. The van der Waals surface area contributed by atoms with E-state index >= 15 is 0 Å². The van der Waals surface area contributed by atoms with Crippen LogP contribution in [0.3, 0.4) is 0 Å². The first-order chi connectivity index (χ1) is 6.53. The minimum atomic E-state index is -0.110. The van der Waals surface area contributed by atoms with E-state index in [0.717, 1.165) is 12.8 Å². The van der Waals surface area contributed by atoms with Gasteiger partial charge in [-0.25, -0.2) is 0 Å². The molecule has 0 heterocycles. The summed E-state index contributed by atoms with van der Waals surface area (Å²) in [6.07, 6.45) is 3.46. The van der Waals surface area contributed by atoms with E-state index in [-0.39, 0.29) is 11.7 Å². The molecule has 0 aromatic rings. The zero-order chi connectivity index (χ0) is 10.8. The van der Waals surface area contributed by atoms with Crippen molar-refractivity contribution < 1.29 is 9.47 Å². The number of hydrogen-bond acceptors (Lipinski definition) is 2. The van der Waals surface area contributed by atoms with Crippen molar-refractivity contribution in [1.29, 1.82) is 0 Å². The van der Waals surface area contributed by atoms with E-state index in [1.54, 1.807) is 14.2 Å². The molecule has 1 aliphatic carbocycles. The summed E-state index contributed by atoms with van der Waals surface area (Å²) in [5.74, 6) is 0.600. The van der Waals surface area contributed by atoms with E-state index in [2.05, 4.69) is 20.4 Å². The first-order valence-electron chi connectivity index (χ1n) is 5.27. The van der Waals surface area contributed by atoms with E-state index < -0.39 is 0 Å². The van der Waals surface area contributed by atoms with Crippen molar-refractivity contribution >= 4 is 0 Å². The second-order valence-corrected chi connectivity index (χ2v) is 4.56. The van der Waals surface area contributed by atoms with E-state index in [4.69, 9.17) is 9.47 Å². The molecule has 0 N–H and O–H groups in total. The standard InChI is InChI=1S/C12H22O2/c1-9(2)10-6-7-12(3,14-5)11(8-10)13-4/h10-11H,1,6-8H2,2-5H3. The molecule has 3 unspecified atom stereocenters. The molecule has 1 rings (SSSR count). The van der Waals surface area contributed by atoms with Gasteiger partial charge in [0.15, 0.2) is 0 Å². The SMILES string of the molecule is C=C(C)C1CCC(C)(OC)C(OC)C1. The van der Waals surface area contributed by atoms with Crippen LogP contribution < -0.4 is 0 Å². The minimum Gasteiger partial charge on any atom is -0.378 e. The van der Waals surface area contributed by atoms with Gasteiger partial charge in [0.2, 0.25) is 0 Å². The fourth-order valence-corrected chi connectivity index (χ4v) is 2.27. The van der Waals surface area contributed by atoms with Crippen LogP contribution in [0, 0.1) is 5.92 Å². The highest BCUT2D eigenvalue weighted by atomic mass is 16.5. The van der Waals surface area contributed by atoms with Gasteiger partial charge in [0.25, 0.3) is 0 Å². The number of hydrogen-bond donors (Lipinski definition) is 0. The van der Waals surface area contributed by atoms with E-state index in [0.29, 0.717) is 5.92 Å². The molecule has 3 atom stereocenters. The largest absolute Gasteiger partial charge is 0.378 e. The quantitative estimate of drug-likeness (QED) is 0.649. The van der Waals surface area contributed by atoms with Crippen LogP contribution in [0.4, 0.5) is 0 Å². The van der Waals surface area contributed by atoms with Gasteiger partial charge in [-0.05, 0) is 39.0 Å². The summed E-state index contributed by atoms with van der Waals surface area (Å²) in [5.41, 5.74) is 1.16. The fourth-order valence-electron chi connectivity index (χ4n) is 2.27. The van der Waals surface area contributed by atoms with Gasteiger partial charge in [0.1, 0.15) is 0 Å². The highest BCUT2D eigenvalue weighted by Crippen LogP contribution is 2.38. The maximum atomic E-state index is 5.56. The number of ether oxygens (including phenoxy) is 2. The first-order valence-corrected chi connectivity index (χ1v) is 5.27. The topological polar surface area (TPSA) is 18.5 Å². The molecule has 0 bridgehead atoms. The molecule has 0 aliphatic heterocycles. The summed E-state index contributed by atoms with van der Waals surface area (Å²) in [7, 11) is 3.54. The van der Waals surface area contributed by atoms with Crippen molar-refractivity contribution in [3.8, 4) is 0 Å². The predicted octanol–water partition coefficient (Wildman–Crippen LogP) is 2.78. The Kier molecular flexibility index (Phi) is 3.73. The third kappa shape index (κ3) is 2.18. The number of allylic oxidation sites excluding steroid dienone is 1. The Bertz CT molecular complexity index is 212. The molecule has 2 nitrogen and oxygen atoms in total. The molecule has 1 fully saturated rings. The normalized spacial score (nSPS) is 38.3. The number of rotatable bonds is 3. The van der Waals surface area contributed by atoms with Crippen molar-refractivity contribution in [3.05, 3.63) is 12.2 Å². The van der Waals surface area contributed by atoms with Crippen LogP contribution in [-0.2, 0) is 9.47 Å². The molecule has 0 radical (unpaired) electrons. The third-order valence-electron chi connectivity index (χ3n) is 3.62. The zero-order valence-corrected chi connectivity index (χ0v) is 9.80. The Balaban J connectivity index is 2.68. The highest BCUT2D eigenvalue weighted by Gasteiger charge is 2.40. The zero-order valence-electron chi connectivity index (χ0n) is 9.80. The second kappa shape index (κ2) is 4.45. The van der Waals surface area contributed by atoms with Crippen molar-refractivity contribution in [2.75, 3.05) is 14.2 Å². The summed E-state index contributed by atoms with van der Waals surface area (Å²) in [6.45, 7) is 8.26. The van der Waals surface area contributed by atoms with Gasteiger partial charge in [-0.3, -0.25) is 0 Å². The lowest BCUT2D eigenvalue weighted by Gasteiger charge is -2.42. The summed E-state index contributed by atoms with van der Waals surface area (Å²) in [5, 5.41) is 0. The lowest BCUT2D eigenvalue weighted by Crippen LogP contribution is -2.47. The molecule has 0 aromatic carbocycles. The van der Waals surface area contributed by atoms with E-state index in [1.165, 1.54) is 12.0 Å². The first kappa shape index (κ1) is 11.7. The molecule has 0 saturated heterocycles. The monoisotopic (exact) mass is 198 g/mol. The van der Waals surface area contributed by atoms with Crippen molar-refractivity contribution in [3.63, 3.8) is 0 Å². The van der Waals surface area contributed by atoms with E-state index in [9.17, 15) is 0 Å². The Morgan fingerprint density at radius 3 is 2.50 bits per heavy atom. The van der Waals surface area contributed by atoms with Crippen LogP contribution in [0.25, 0.3) is 0 Å². The lowest BCUT2D eigenvalue weighted by atomic mass is 9.75. The van der Waals surface area contributed by atoms with Crippen LogP contribution in [0.1, 0.15) is 33.1 Å². The summed E-state index contributed by atoms with van der Waals surface area (Å²) in [6, 6.07) is 0. The molecule has 0 amide bonds. The smallest absolute Gasteiger partial charge is 0.0911 e. The van der Waals surface area contributed by atoms with Gasteiger partial charge < -0.3 is 9.47 Å². The van der Waals surface area contributed by atoms with Crippen molar-refractivity contribution in [1.82, 2.24) is 0 Å². The van der Waals surface area contributed by atoms with Gasteiger partial charge in [-0.1, -0.05) is 12.2 Å². The summed E-state index contributed by atoms with van der Waals surface area (Å²) >= 11 is 0. The molecule has 82 valence electrons. The Morgan fingerprint density at radius 1 is 1.43 bits per heavy atom. The van der Waals surface area contributed by atoms with Gasteiger partial charge in [0.05, 0.1) is 11.7 Å². The van der Waals surface area contributed by atoms with Crippen LogP contribution in [0.15, 0.2) is 12.2 Å². The molecule has 0 spiro atoms. The average Bonchev–Trinajstić information content (AvgIpc) is 2.18. The van der Waals surface area contributed by atoms with Gasteiger partial charge in [-0.2, -0.15) is 0 Å². The van der Waals surface area contributed by atoms with Gasteiger partial charge in [-0.15, -0.1) is 0 Å². The van der Waals surface area contributed by atoms with Gasteiger partial charge in [0, 0.05) is 14.2 Å². The fraction of sp³-hybridized carbons (Fsp3) is 0.833. The van der Waals surface area contributed by atoms with Crippen LogP contribution >= 0.6 is 0 Å². The maximum absolute atomic E-state index is 5.56. The van der Waals surface area contributed by atoms with E-state index in [1.807, 2.05) is 0 Å². The molecular formula is C12H22O2. The maximum Gasteiger partial charge on any atom is 0.0911 e. The molecule has 1 aliphatic rings. The third-order valence-corrected chi connectivity index (χ3v) is 3.62.